The minimum absolute atomic E-state index is 0.0157. The van der Waals surface area contributed by atoms with E-state index < -0.39 is 28.7 Å². The molecular weight excluding hydrogens is 388 g/mol. The number of aryl methyl sites for hydroxylation is 1. The average Bonchev–Trinajstić information content (AvgIpc) is 2.59. The van der Waals surface area contributed by atoms with Crippen LogP contribution in [0.25, 0.3) is 0 Å². The Labute approximate surface area is 165 Å². The molecule has 0 heterocycles. The van der Waals surface area contributed by atoms with E-state index in [2.05, 4.69) is 9.69 Å². The third kappa shape index (κ3) is 10.1. The van der Waals surface area contributed by atoms with Crippen molar-refractivity contribution < 1.29 is 36.8 Å². The Morgan fingerprint density at radius 3 is 1.92 bits per heavy atom. The fourth-order valence-corrected chi connectivity index (χ4v) is 5.39. The first kappa shape index (κ1) is 23.6. The molecule has 1 N–H and O–H groups in total. The Hall–Kier alpha value is -0.396. The number of hydrogen-bond donors (Lipinski definition) is 1. The van der Waals surface area contributed by atoms with E-state index in [1.165, 1.54) is 57.4 Å². The van der Waals surface area contributed by atoms with E-state index >= 15 is 0 Å². The van der Waals surface area contributed by atoms with Crippen LogP contribution in [0.5, 0.6) is 0 Å². The summed E-state index contributed by atoms with van der Waals surface area (Å²) in [5, 5.41) is 0. The van der Waals surface area contributed by atoms with Crippen molar-refractivity contribution >= 4 is 10.1 Å². The third-order valence-electron chi connectivity index (χ3n) is 4.47. The van der Waals surface area contributed by atoms with Crippen LogP contribution in [0.15, 0.2) is 29.2 Å². The van der Waals surface area contributed by atoms with Crippen molar-refractivity contribution in [1.82, 2.24) is 0 Å². The molecule has 0 bridgehead atoms. The van der Waals surface area contributed by atoms with Crippen LogP contribution in [-0.4, -0.2) is 12.1 Å². The third-order valence-corrected chi connectivity index (χ3v) is 7.47. The first-order chi connectivity index (χ1) is 12.5. The fraction of sp³-hybridized carbons (Fsp3) is 0.684. The summed E-state index contributed by atoms with van der Waals surface area (Å²) in [6, 6.07) is 6.56. The normalized spacial score (nSPS) is 11.6. The molecule has 0 aliphatic rings. The molecule has 0 radical (unpaired) electrons. The summed E-state index contributed by atoms with van der Waals surface area (Å²) in [4.78, 5) is 0.0157. The number of rotatable bonds is 15. The van der Waals surface area contributed by atoms with Crippen molar-refractivity contribution in [1.29, 1.82) is 0 Å². The maximum atomic E-state index is 12.0. The Morgan fingerprint density at radius 2 is 1.38 bits per heavy atom. The summed E-state index contributed by atoms with van der Waals surface area (Å²) < 4.78 is 48.0. The molecule has 0 aromatic heterocycles. The van der Waals surface area contributed by atoms with Crippen LogP contribution < -0.4 is 0 Å². The van der Waals surface area contributed by atoms with Gasteiger partial charge < -0.3 is 0 Å². The quantitative estimate of drug-likeness (QED) is 0.318. The summed E-state index contributed by atoms with van der Waals surface area (Å²) in [5.74, 6) is 0. The second-order valence-electron chi connectivity index (χ2n) is 6.70. The van der Waals surface area contributed by atoms with E-state index in [1.807, 2.05) is 0 Å². The van der Waals surface area contributed by atoms with Crippen LogP contribution in [0.1, 0.15) is 83.1 Å². The topological polar surface area (TPSA) is 80.7 Å². The van der Waals surface area contributed by atoms with Crippen molar-refractivity contribution in [3.63, 3.8) is 0 Å². The summed E-state index contributed by atoms with van der Waals surface area (Å²) in [6.45, 7) is 2.23. The number of hydrogen-bond acceptors (Lipinski definition) is 4. The van der Waals surface area contributed by atoms with Gasteiger partial charge in [0.15, 0.2) is 0 Å². The Balaban J connectivity index is 2.27. The first-order valence-electron chi connectivity index (χ1n) is 9.72. The van der Waals surface area contributed by atoms with Gasteiger partial charge in [0, 0.05) is 0 Å². The fourth-order valence-electron chi connectivity index (χ4n) is 3.07. The molecular formula is C19H32O5STi. The van der Waals surface area contributed by atoms with Crippen molar-refractivity contribution in [3.05, 3.63) is 29.8 Å². The van der Waals surface area contributed by atoms with Gasteiger partial charge in [0.25, 0.3) is 0 Å². The van der Waals surface area contributed by atoms with E-state index in [0.29, 0.717) is 12.0 Å². The summed E-state index contributed by atoms with van der Waals surface area (Å²) in [5.41, 5.74) is 0.655. The van der Waals surface area contributed by atoms with Crippen LogP contribution in [0.2, 0.25) is 0 Å². The van der Waals surface area contributed by atoms with Crippen molar-refractivity contribution in [3.8, 4) is 0 Å². The second-order valence-corrected chi connectivity index (χ2v) is 9.82. The molecule has 0 aliphatic heterocycles. The molecule has 7 heteroatoms. The zero-order chi connectivity index (χ0) is 19.3. The van der Waals surface area contributed by atoms with Gasteiger partial charge in [-0.15, -0.1) is 0 Å². The summed E-state index contributed by atoms with van der Waals surface area (Å²) >= 11 is -4.14. The van der Waals surface area contributed by atoms with Crippen molar-refractivity contribution in [2.75, 3.05) is 0 Å². The van der Waals surface area contributed by atoms with E-state index in [1.54, 1.807) is 18.2 Å². The Bertz CT molecular complexity index is 631. The van der Waals surface area contributed by atoms with Gasteiger partial charge in [0.05, 0.1) is 0 Å². The van der Waals surface area contributed by atoms with Crippen molar-refractivity contribution in [2.45, 2.75) is 88.9 Å². The molecule has 0 fully saturated rings. The molecule has 1 aromatic carbocycles. The zero-order valence-electron chi connectivity index (χ0n) is 15.8. The van der Waals surface area contributed by atoms with Crippen LogP contribution in [0.3, 0.4) is 0 Å². The maximum absolute atomic E-state index is 12.0. The van der Waals surface area contributed by atoms with E-state index in [4.69, 9.17) is 3.69 Å². The van der Waals surface area contributed by atoms with Gasteiger partial charge >= 0.3 is 133 Å². The SMILES string of the molecule is CCCCCCCCCCCCCc1ccccc1S(=O)(=O)[O][Ti](=[O])[OH]. The molecule has 26 heavy (non-hydrogen) atoms. The van der Waals surface area contributed by atoms with Gasteiger partial charge in [0.1, 0.15) is 0 Å². The van der Waals surface area contributed by atoms with Crippen LogP contribution >= 0.6 is 0 Å². The van der Waals surface area contributed by atoms with Crippen LogP contribution in [-0.2, 0) is 41.2 Å². The minimum atomic E-state index is -4.14. The Morgan fingerprint density at radius 1 is 0.885 bits per heavy atom. The van der Waals surface area contributed by atoms with Gasteiger partial charge in [-0.2, -0.15) is 0 Å². The van der Waals surface area contributed by atoms with E-state index in [0.717, 1.165) is 19.3 Å². The van der Waals surface area contributed by atoms with Gasteiger partial charge in [-0.1, -0.05) is 32.6 Å². The predicted molar refractivity (Wildman–Crippen MR) is 97.8 cm³/mol. The van der Waals surface area contributed by atoms with Gasteiger partial charge in [-0.25, -0.2) is 0 Å². The van der Waals surface area contributed by atoms with E-state index in [-0.39, 0.29) is 4.90 Å². The van der Waals surface area contributed by atoms with Gasteiger partial charge in [-0.05, 0) is 0 Å². The zero-order valence-corrected chi connectivity index (χ0v) is 18.2. The van der Waals surface area contributed by atoms with Gasteiger partial charge in [-0.3, -0.25) is 0 Å². The Kier molecular flexibility index (Phi) is 12.5. The molecule has 0 saturated carbocycles. The molecule has 0 atom stereocenters. The molecule has 0 unspecified atom stereocenters. The van der Waals surface area contributed by atoms with E-state index in [9.17, 15) is 11.7 Å². The average molecular weight is 420 g/mol. The molecule has 0 spiro atoms. The number of unbranched alkanes of at least 4 members (excludes halogenated alkanes) is 10. The molecule has 1 rings (SSSR count). The molecule has 148 valence electrons. The van der Waals surface area contributed by atoms with Crippen LogP contribution in [0.4, 0.5) is 0 Å². The summed E-state index contributed by atoms with van der Waals surface area (Å²) in [7, 11) is -4.14. The van der Waals surface area contributed by atoms with Gasteiger partial charge in [0.2, 0.25) is 0 Å². The predicted octanol–water partition coefficient (Wildman–Crippen LogP) is 5.03. The standard InChI is InChI=1S/C19H32O3S.H2O.O.Ti/c1-2-3-4-5-6-7-8-9-10-11-12-15-18-16-13-14-17-19(18)23(20,21)22;;;/h13-14,16-17H,2-12,15H2,1H3,(H,20,21,22);1H2;;/q;;;+2/p-2. The second kappa shape index (κ2) is 13.7. The monoisotopic (exact) mass is 420 g/mol. The molecule has 0 amide bonds. The van der Waals surface area contributed by atoms with Crippen molar-refractivity contribution in [2.24, 2.45) is 0 Å². The first-order valence-corrected chi connectivity index (χ1v) is 13.1. The number of benzene rings is 1. The summed E-state index contributed by atoms with van der Waals surface area (Å²) in [6.07, 6.45) is 14.2. The molecule has 0 saturated heterocycles. The molecule has 0 aliphatic carbocycles. The molecule has 5 nitrogen and oxygen atoms in total. The van der Waals surface area contributed by atoms with Crippen LogP contribution in [0, 0.1) is 0 Å². The molecule has 1 aromatic rings.